The topological polar surface area (TPSA) is 37.9 Å². The van der Waals surface area contributed by atoms with Crippen molar-refractivity contribution in [1.82, 2.24) is 4.57 Å². The van der Waals surface area contributed by atoms with E-state index in [1.807, 2.05) is 60.3 Å². The molecule has 0 fully saturated rings. The third-order valence-corrected chi connectivity index (χ3v) is 4.95. The number of fused-ring (bicyclic) bond motifs is 1. The number of aromatic nitrogens is 2. The van der Waals surface area contributed by atoms with Crippen LogP contribution in [0.1, 0.15) is 16.7 Å². The number of carbonyl (C=O) groups is 1. The van der Waals surface area contributed by atoms with Crippen LogP contribution in [0.5, 0.6) is 0 Å². The Labute approximate surface area is 188 Å². The molecule has 0 atom stereocenters. The molecule has 5 heteroatoms. The summed E-state index contributed by atoms with van der Waals surface area (Å²) in [5, 5.41) is 3.04. The fourth-order valence-electron chi connectivity index (χ4n) is 3.57. The van der Waals surface area contributed by atoms with Gasteiger partial charge >= 0.3 is 0 Å². The number of benzene rings is 3. The van der Waals surface area contributed by atoms with Crippen LogP contribution >= 0.6 is 24.0 Å². The molecule has 4 nitrogen and oxygen atoms in total. The highest BCUT2D eigenvalue weighted by Crippen LogP contribution is 2.17. The first-order valence-electron chi connectivity index (χ1n) is 9.48. The minimum absolute atomic E-state index is 0. The number of hydrogen-bond acceptors (Lipinski definition) is 1. The normalized spacial score (nSPS) is 10.6. The van der Waals surface area contributed by atoms with Crippen LogP contribution in [0.3, 0.4) is 0 Å². The standard InChI is InChI=1S/C24H23N3O.HI/c1-18-12-13-21(19(2)14-18)25-24(28)16-27-17-26(15-20-8-4-3-5-9-20)22-10-6-7-11-23(22)27;/h3-14,17H,15-16H2,1-2H3;1H/p+1. The second-order valence-corrected chi connectivity index (χ2v) is 7.21. The highest BCUT2D eigenvalue weighted by molar-refractivity contribution is 14.0. The highest BCUT2D eigenvalue weighted by Gasteiger charge is 2.18. The number of aryl methyl sites for hydroxylation is 2. The van der Waals surface area contributed by atoms with Gasteiger partial charge in [0.15, 0.2) is 17.6 Å². The highest BCUT2D eigenvalue weighted by atomic mass is 127. The van der Waals surface area contributed by atoms with Crippen molar-refractivity contribution in [3.05, 3.63) is 95.8 Å². The van der Waals surface area contributed by atoms with Crippen molar-refractivity contribution in [2.24, 2.45) is 0 Å². The molecule has 0 aliphatic rings. The summed E-state index contributed by atoms with van der Waals surface area (Å²) in [6.45, 7) is 5.11. The number of anilines is 1. The second-order valence-electron chi connectivity index (χ2n) is 7.21. The molecule has 1 aromatic heterocycles. The van der Waals surface area contributed by atoms with Crippen LogP contribution in [0, 0.1) is 13.8 Å². The molecule has 29 heavy (non-hydrogen) atoms. The third kappa shape index (κ3) is 4.85. The summed E-state index contributed by atoms with van der Waals surface area (Å²) in [4.78, 5) is 12.7. The van der Waals surface area contributed by atoms with E-state index in [0.717, 1.165) is 28.8 Å². The lowest BCUT2D eigenvalue weighted by atomic mass is 10.1. The lowest BCUT2D eigenvalue weighted by Gasteiger charge is -2.08. The van der Waals surface area contributed by atoms with Crippen molar-refractivity contribution >= 4 is 46.6 Å². The number of nitrogens with one attached hydrogen (secondary N) is 1. The number of carbonyl (C=O) groups excluding carboxylic acids is 1. The van der Waals surface area contributed by atoms with E-state index in [1.54, 1.807) is 0 Å². The molecule has 0 bridgehead atoms. The number of para-hydroxylation sites is 2. The van der Waals surface area contributed by atoms with E-state index in [-0.39, 0.29) is 36.4 Å². The van der Waals surface area contributed by atoms with Crippen molar-refractivity contribution in [3.63, 3.8) is 0 Å². The zero-order chi connectivity index (χ0) is 19.5. The average Bonchev–Trinajstić information content (AvgIpc) is 3.02. The van der Waals surface area contributed by atoms with Gasteiger partial charge in [0, 0.05) is 5.69 Å². The summed E-state index contributed by atoms with van der Waals surface area (Å²) >= 11 is 0. The van der Waals surface area contributed by atoms with Crippen LogP contribution in [0.4, 0.5) is 5.69 Å². The molecule has 148 valence electrons. The molecule has 0 saturated carbocycles. The Bertz CT molecular complexity index is 1140. The minimum Gasteiger partial charge on any atom is -0.322 e. The summed E-state index contributed by atoms with van der Waals surface area (Å²) < 4.78 is 4.20. The van der Waals surface area contributed by atoms with Crippen molar-refractivity contribution in [2.75, 3.05) is 5.32 Å². The first-order chi connectivity index (χ1) is 13.6. The lowest BCUT2D eigenvalue weighted by Crippen LogP contribution is -2.33. The molecule has 0 spiro atoms. The average molecular weight is 498 g/mol. The summed E-state index contributed by atoms with van der Waals surface area (Å²) in [6.07, 6.45) is 2.03. The molecular weight excluding hydrogens is 473 g/mol. The zero-order valence-electron chi connectivity index (χ0n) is 16.6. The number of halogens is 1. The van der Waals surface area contributed by atoms with Gasteiger partial charge in [0.05, 0.1) is 0 Å². The monoisotopic (exact) mass is 498 g/mol. The number of imidazole rings is 1. The van der Waals surface area contributed by atoms with Crippen LogP contribution in [0.15, 0.2) is 79.1 Å². The van der Waals surface area contributed by atoms with Gasteiger partial charge in [-0.25, -0.2) is 9.13 Å². The van der Waals surface area contributed by atoms with Crippen molar-refractivity contribution < 1.29 is 9.36 Å². The fraction of sp³-hybridized carbons (Fsp3) is 0.167. The van der Waals surface area contributed by atoms with E-state index in [0.29, 0.717) is 0 Å². The smallest absolute Gasteiger partial charge is 0.266 e. The Balaban J connectivity index is 0.00000240. The summed E-state index contributed by atoms with van der Waals surface area (Å²) in [5.74, 6) is -0.0282. The molecule has 4 aromatic rings. The molecule has 1 heterocycles. The molecule has 0 unspecified atom stereocenters. The van der Waals surface area contributed by atoms with Crippen LogP contribution < -0.4 is 9.88 Å². The van der Waals surface area contributed by atoms with Crippen LogP contribution in [0.2, 0.25) is 0 Å². The van der Waals surface area contributed by atoms with Crippen LogP contribution in [0.25, 0.3) is 11.0 Å². The van der Waals surface area contributed by atoms with E-state index < -0.39 is 0 Å². The molecule has 0 radical (unpaired) electrons. The predicted octanol–water partition coefficient (Wildman–Crippen LogP) is 4.85. The minimum atomic E-state index is -0.0282. The van der Waals surface area contributed by atoms with Gasteiger partial charge in [0.1, 0.15) is 6.54 Å². The first kappa shape index (κ1) is 21.0. The molecule has 4 rings (SSSR count). The van der Waals surface area contributed by atoms with E-state index in [4.69, 9.17) is 0 Å². The van der Waals surface area contributed by atoms with E-state index in [9.17, 15) is 4.79 Å². The Morgan fingerprint density at radius 3 is 2.45 bits per heavy atom. The summed E-state index contributed by atoms with van der Waals surface area (Å²) in [5.41, 5.74) is 6.53. The van der Waals surface area contributed by atoms with Gasteiger partial charge in [0.2, 0.25) is 6.33 Å². The molecule has 1 N–H and O–H groups in total. The predicted molar refractivity (Wildman–Crippen MR) is 128 cm³/mol. The van der Waals surface area contributed by atoms with Crippen LogP contribution in [-0.4, -0.2) is 10.5 Å². The Morgan fingerprint density at radius 1 is 0.966 bits per heavy atom. The van der Waals surface area contributed by atoms with Gasteiger partial charge in [-0.1, -0.05) is 60.2 Å². The molecule has 3 aromatic carbocycles. The third-order valence-electron chi connectivity index (χ3n) is 4.95. The molecule has 0 aliphatic carbocycles. The molecule has 0 aliphatic heterocycles. The molecular formula is C24H25IN3O+. The second kappa shape index (κ2) is 9.22. The number of hydrogen-bond donors (Lipinski definition) is 1. The molecule has 0 saturated heterocycles. The molecule has 1 amide bonds. The van der Waals surface area contributed by atoms with E-state index in [1.165, 1.54) is 11.1 Å². The maximum atomic E-state index is 12.7. The fourth-order valence-corrected chi connectivity index (χ4v) is 3.57. The van der Waals surface area contributed by atoms with Gasteiger partial charge in [0.25, 0.3) is 5.91 Å². The summed E-state index contributed by atoms with van der Waals surface area (Å²) in [6, 6.07) is 24.6. The van der Waals surface area contributed by atoms with Crippen molar-refractivity contribution in [3.8, 4) is 0 Å². The number of rotatable bonds is 5. The van der Waals surface area contributed by atoms with Gasteiger partial charge in [-0.15, -0.1) is 24.0 Å². The first-order valence-corrected chi connectivity index (χ1v) is 9.48. The summed E-state index contributed by atoms with van der Waals surface area (Å²) in [7, 11) is 0. The van der Waals surface area contributed by atoms with Gasteiger partial charge < -0.3 is 5.32 Å². The van der Waals surface area contributed by atoms with Gasteiger partial charge in [-0.2, -0.15) is 0 Å². The van der Waals surface area contributed by atoms with E-state index >= 15 is 0 Å². The quantitative estimate of drug-likeness (QED) is 0.310. The maximum Gasteiger partial charge on any atom is 0.266 e. The van der Waals surface area contributed by atoms with Crippen LogP contribution in [-0.2, 0) is 17.9 Å². The number of nitrogens with zero attached hydrogens (tertiary/aromatic N) is 2. The van der Waals surface area contributed by atoms with Crippen molar-refractivity contribution in [2.45, 2.75) is 26.9 Å². The Hall–Kier alpha value is -2.67. The van der Waals surface area contributed by atoms with Gasteiger partial charge in [-0.3, -0.25) is 4.79 Å². The SMILES string of the molecule is Cc1ccc(NC(=O)Cn2c[n+](Cc3ccccc3)c3ccccc32)c(C)c1.I. The largest absolute Gasteiger partial charge is 0.322 e. The zero-order valence-corrected chi connectivity index (χ0v) is 19.0. The number of amides is 1. The van der Waals surface area contributed by atoms with Gasteiger partial charge in [-0.05, 0) is 43.2 Å². The maximum absolute atomic E-state index is 12.7. The Morgan fingerprint density at radius 2 is 1.69 bits per heavy atom. The van der Waals surface area contributed by atoms with E-state index in [2.05, 4.69) is 47.1 Å². The Kier molecular flexibility index (Phi) is 6.69. The lowest BCUT2D eigenvalue weighted by molar-refractivity contribution is -0.663. The van der Waals surface area contributed by atoms with Crippen molar-refractivity contribution in [1.29, 1.82) is 0 Å².